The molecule has 0 aliphatic carbocycles. The highest BCUT2D eigenvalue weighted by molar-refractivity contribution is 5.68. The van der Waals surface area contributed by atoms with E-state index < -0.39 is 0 Å². The smallest absolute Gasteiger partial charge is 0.123 e. The van der Waals surface area contributed by atoms with Crippen molar-refractivity contribution in [3.8, 4) is 22.6 Å². The predicted molar refractivity (Wildman–Crippen MR) is 141 cm³/mol. The van der Waals surface area contributed by atoms with E-state index in [1.807, 2.05) is 6.07 Å². The van der Waals surface area contributed by atoms with Crippen LogP contribution in [0.5, 0.6) is 11.5 Å². The third-order valence-corrected chi connectivity index (χ3v) is 5.06. The molecule has 0 aliphatic rings. The minimum Gasteiger partial charge on any atom is -0.493 e. The van der Waals surface area contributed by atoms with E-state index in [9.17, 15) is 0 Å². The van der Waals surface area contributed by atoms with Crippen LogP contribution in [0.3, 0.4) is 0 Å². The van der Waals surface area contributed by atoms with Crippen LogP contribution < -0.4 is 32.4 Å². The van der Waals surface area contributed by atoms with Crippen molar-refractivity contribution in [3.63, 3.8) is 0 Å². The van der Waals surface area contributed by atoms with Gasteiger partial charge in [-0.1, -0.05) is 37.1 Å². The van der Waals surface area contributed by atoms with Crippen LogP contribution in [0.4, 0.5) is 0 Å². The number of hydrogen-bond donors (Lipinski definition) is 4. The van der Waals surface area contributed by atoms with Gasteiger partial charge in [0.1, 0.15) is 11.5 Å². The zero-order valence-electron chi connectivity index (χ0n) is 20.8. The van der Waals surface area contributed by atoms with Gasteiger partial charge in [-0.25, -0.2) is 0 Å². The van der Waals surface area contributed by atoms with Crippen molar-refractivity contribution in [1.29, 1.82) is 0 Å². The summed E-state index contributed by atoms with van der Waals surface area (Å²) < 4.78 is 11.8. The van der Waals surface area contributed by atoms with E-state index >= 15 is 0 Å². The lowest BCUT2D eigenvalue weighted by atomic mass is 9.97. The average Bonchev–Trinajstić information content (AvgIpc) is 2.80. The zero-order chi connectivity index (χ0) is 24.3. The van der Waals surface area contributed by atoms with Gasteiger partial charge in [0.25, 0.3) is 0 Å². The van der Waals surface area contributed by atoms with E-state index in [0.717, 1.165) is 62.3 Å². The Hall–Kier alpha value is -2.12. The van der Waals surface area contributed by atoms with Crippen LogP contribution in [0.25, 0.3) is 11.1 Å². The van der Waals surface area contributed by atoms with E-state index in [2.05, 4.69) is 44.2 Å². The summed E-state index contributed by atoms with van der Waals surface area (Å²) in [5, 5.41) is 0. The standard InChI is InChI=1S/C23H35N3O2.C4H11N/c1-18-12-19(6-2-3-7-24)14-20(13-18)21-15-22(27-10-4-8-25)17-23(16-21)28-11-5-9-26;1-2-3-4-5/h12-17H,2-11,24-26H2,1H3;2-5H2,1H3. The molecule has 0 unspecified atom stereocenters. The normalized spacial score (nSPS) is 10.5. The fourth-order valence-corrected chi connectivity index (χ4v) is 3.30. The van der Waals surface area contributed by atoms with Gasteiger partial charge in [-0.05, 0) is 100 Å². The van der Waals surface area contributed by atoms with Crippen molar-refractivity contribution >= 4 is 0 Å². The van der Waals surface area contributed by atoms with Crippen molar-refractivity contribution in [3.05, 3.63) is 47.5 Å². The van der Waals surface area contributed by atoms with Crippen LogP contribution in [0.2, 0.25) is 0 Å². The summed E-state index contributed by atoms with van der Waals surface area (Å²) >= 11 is 0. The number of hydrogen-bond acceptors (Lipinski definition) is 6. The highest BCUT2D eigenvalue weighted by Crippen LogP contribution is 2.31. The Balaban J connectivity index is 0.000000981. The molecule has 33 heavy (non-hydrogen) atoms. The Morgan fingerprint density at radius 1 is 0.606 bits per heavy atom. The SMILES string of the molecule is CCCCN.Cc1cc(CCCCN)cc(-c2cc(OCCCN)cc(OCCCN)c2)c1. The molecule has 0 aliphatic heterocycles. The second-order valence-corrected chi connectivity index (χ2v) is 8.27. The first-order valence-electron chi connectivity index (χ1n) is 12.4. The summed E-state index contributed by atoms with van der Waals surface area (Å²) in [5.41, 5.74) is 26.8. The van der Waals surface area contributed by atoms with Crippen molar-refractivity contribution in [2.75, 3.05) is 39.4 Å². The topological polar surface area (TPSA) is 123 Å². The second-order valence-electron chi connectivity index (χ2n) is 8.27. The summed E-state index contributed by atoms with van der Waals surface area (Å²) in [6.45, 7) is 8.28. The molecule has 0 aromatic heterocycles. The number of unbranched alkanes of at least 4 members (excludes halogenated alkanes) is 2. The Labute approximate surface area is 201 Å². The Morgan fingerprint density at radius 2 is 1.15 bits per heavy atom. The number of rotatable bonds is 15. The number of aryl methyl sites for hydroxylation is 2. The van der Waals surface area contributed by atoms with Gasteiger partial charge in [0.05, 0.1) is 13.2 Å². The molecule has 0 fully saturated rings. The van der Waals surface area contributed by atoms with Gasteiger partial charge in [0.2, 0.25) is 0 Å². The molecule has 0 heterocycles. The molecular weight excluding hydrogens is 412 g/mol. The molecule has 8 N–H and O–H groups in total. The summed E-state index contributed by atoms with van der Waals surface area (Å²) in [6.07, 6.45) is 7.23. The fraction of sp³-hybridized carbons (Fsp3) is 0.556. The first-order chi connectivity index (χ1) is 16.1. The molecule has 0 amide bonds. The van der Waals surface area contributed by atoms with Crippen LogP contribution in [0.1, 0.15) is 56.6 Å². The second kappa shape index (κ2) is 18.3. The summed E-state index contributed by atoms with van der Waals surface area (Å²) in [6, 6.07) is 12.8. The van der Waals surface area contributed by atoms with Crippen molar-refractivity contribution < 1.29 is 9.47 Å². The quantitative estimate of drug-likeness (QED) is 0.297. The zero-order valence-corrected chi connectivity index (χ0v) is 20.8. The Morgan fingerprint density at radius 3 is 1.64 bits per heavy atom. The van der Waals surface area contributed by atoms with Crippen LogP contribution in [0.15, 0.2) is 36.4 Å². The Kier molecular flexibility index (Phi) is 16.1. The maximum Gasteiger partial charge on any atom is 0.123 e. The van der Waals surface area contributed by atoms with E-state index in [1.54, 1.807) is 0 Å². The number of nitrogens with two attached hydrogens (primary N) is 4. The molecule has 0 atom stereocenters. The lowest BCUT2D eigenvalue weighted by Crippen LogP contribution is -2.07. The highest BCUT2D eigenvalue weighted by atomic mass is 16.5. The molecule has 186 valence electrons. The first-order valence-corrected chi connectivity index (χ1v) is 12.4. The molecule has 2 rings (SSSR count). The molecule has 0 saturated heterocycles. The number of benzene rings is 2. The fourth-order valence-electron chi connectivity index (χ4n) is 3.30. The minimum atomic E-state index is 0.598. The molecule has 0 saturated carbocycles. The van der Waals surface area contributed by atoms with Crippen LogP contribution in [0, 0.1) is 6.92 Å². The van der Waals surface area contributed by atoms with Gasteiger partial charge in [0, 0.05) is 6.07 Å². The van der Waals surface area contributed by atoms with Crippen LogP contribution in [-0.4, -0.2) is 39.4 Å². The lowest BCUT2D eigenvalue weighted by Gasteiger charge is -2.14. The molecule has 0 bridgehead atoms. The maximum absolute atomic E-state index is 5.90. The predicted octanol–water partition coefficient (Wildman–Crippen LogP) is 4.14. The molecule has 2 aromatic rings. The monoisotopic (exact) mass is 458 g/mol. The van der Waals surface area contributed by atoms with Gasteiger partial charge in [0.15, 0.2) is 0 Å². The van der Waals surface area contributed by atoms with Gasteiger partial charge < -0.3 is 32.4 Å². The largest absolute Gasteiger partial charge is 0.493 e. The van der Waals surface area contributed by atoms with Gasteiger partial charge in [-0.2, -0.15) is 0 Å². The van der Waals surface area contributed by atoms with Crippen LogP contribution in [-0.2, 0) is 6.42 Å². The van der Waals surface area contributed by atoms with E-state index in [4.69, 9.17) is 32.4 Å². The lowest BCUT2D eigenvalue weighted by molar-refractivity contribution is 0.298. The first kappa shape index (κ1) is 28.9. The van der Waals surface area contributed by atoms with Crippen molar-refractivity contribution in [1.82, 2.24) is 0 Å². The third kappa shape index (κ3) is 12.6. The maximum atomic E-state index is 5.90. The van der Waals surface area contributed by atoms with Crippen LogP contribution >= 0.6 is 0 Å². The molecule has 6 heteroatoms. The van der Waals surface area contributed by atoms with E-state index in [0.29, 0.717) is 26.3 Å². The van der Waals surface area contributed by atoms with Gasteiger partial charge in [-0.3, -0.25) is 0 Å². The highest BCUT2D eigenvalue weighted by Gasteiger charge is 2.08. The summed E-state index contributed by atoms with van der Waals surface area (Å²) in [5.74, 6) is 1.61. The number of ether oxygens (including phenoxy) is 2. The third-order valence-electron chi connectivity index (χ3n) is 5.06. The molecular formula is C27H46N4O2. The van der Waals surface area contributed by atoms with Crippen molar-refractivity contribution in [2.24, 2.45) is 22.9 Å². The molecule has 0 radical (unpaired) electrons. The Bertz CT molecular complexity index is 738. The summed E-state index contributed by atoms with van der Waals surface area (Å²) in [4.78, 5) is 0. The van der Waals surface area contributed by atoms with E-state index in [1.165, 1.54) is 29.5 Å². The molecule has 6 nitrogen and oxygen atoms in total. The minimum absolute atomic E-state index is 0.598. The van der Waals surface area contributed by atoms with Gasteiger partial charge in [-0.15, -0.1) is 0 Å². The average molecular weight is 459 g/mol. The molecule has 0 spiro atoms. The van der Waals surface area contributed by atoms with Gasteiger partial charge >= 0.3 is 0 Å². The molecule has 2 aromatic carbocycles. The van der Waals surface area contributed by atoms with E-state index in [-0.39, 0.29) is 0 Å². The summed E-state index contributed by atoms with van der Waals surface area (Å²) in [7, 11) is 0. The van der Waals surface area contributed by atoms with Crippen molar-refractivity contribution in [2.45, 2.75) is 58.8 Å².